The maximum absolute atomic E-state index is 2.36. The van der Waals surface area contributed by atoms with E-state index in [-0.39, 0.29) is 0 Å². The molecule has 0 unspecified atom stereocenters. The lowest BCUT2D eigenvalue weighted by atomic mass is 9.85. The van der Waals surface area contributed by atoms with Gasteiger partial charge in [-0.15, -0.1) is 0 Å². The third kappa shape index (κ3) is 3.92. The Hall–Kier alpha value is -5.72. The summed E-state index contributed by atoms with van der Waals surface area (Å²) in [6, 6.07) is 62.3. The molecule has 0 saturated carbocycles. The summed E-state index contributed by atoms with van der Waals surface area (Å²) in [4.78, 5) is 0. The van der Waals surface area contributed by atoms with Crippen molar-refractivity contribution in [1.82, 2.24) is 0 Å². The second kappa shape index (κ2) is 9.93. The Balaban J connectivity index is 1.21. The fraction of sp³-hybridized carbons (Fsp3) is 0. The first-order valence-electron chi connectivity index (χ1n) is 15.3. The Kier molecular flexibility index (Phi) is 5.61. The van der Waals surface area contributed by atoms with Gasteiger partial charge in [0.05, 0.1) is 0 Å². The molecule has 0 aliphatic rings. The first-order valence-corrected chi connectivity index (χ1v) is 15.3. The van der Waals surface area contributed by atoms with Crippen molar-refractivity contribution in [2.24, 2.45) is 0 Å². The molecule has 0 aliphatic heterocycles. The molecule has 0 heterocycles. The van der Waals surface area contributed by atoms with Crippen LogP contribution in [-0.2, 0) is 0 Å². The summed E-state index contributed by atoms with van der Waals surface area (Å²) in [5.41, 5.74) is 7.57. The van der Waals surface area contributed by atoms with Gasteiger partial charge in [-0.1, -0.05) is 152 Å². The fourth-order valence-electron chi connectivity index (χ4n) is 7.12. The Bertz CT molecular complexity index is 2480. The molecular formula is C44H28. The van der Waals surface area contributed by atoms with E-state index < -0.39 is 0 Å². The Labute approximate surface area is 256 Å². The highest BCUT2D eigenvalue weighted by molar-refractivity contribution is 6.21. The van der Waals surface area contributed by atoms with Crippen LogP contribution in [0.5, 0.6) is 0 Å². The SMILES string of the molecule is c1ccc(-c2c3ccccc3c(-c3ccc4cc(-c5ccc6ccc7ccccc7c6c5)ccc4c3)c3ccccc23)cc1. The first-order chi connectivity index (χ1) is 21.8. The number of benzene rings is 9. The molecule has 0 spiro atoms. The van der Waals surface area contributed by atoms with Gasteiger partial charge in [-0.25, -0.2) is 0 Å². The second-order valence-electron chi connectivity index (χ2n) is 11.7. The van der Waals surface area contributed by atoms with Gasteiger partial charge in [-0.05, 0) is 105 Å². The van der Waals surface area contributed by atoms with Crippen molar-refractivity contribution in [2.75, 3.05) is 0 Å². The third-order valence-corrected chi connectivity index (χ3v) is 9.20. The van der Waals surface area contributed by atoms with Gasteiger partial charge in [-0.2, -0.15) is 0 Å². The van der Waals surface area contributed by atoms with Crippen molar-refractivity contribution >= 4 is 53.9 Å². The van der Waals surface area contributed by atoms with E-state index in [2.05, 4.69) is 170 Å². The third-order valence-electron chi connectivity index (χ3n) is 9.20. The summed E-state index contributed by atoms with van der Waals surface area (Å²) in [7, 11) is 0. The molecule has 0 fully saturated rings. The average molecular weight is 557 g/mol. The molecule has 0 nitrogen and oxygen atoms in total. The zero-order valence-corrected chi connectivity index (χ0v) is 24.2. The molecule has 0 aromatic heterocycles. The standard InChI is InChI=1S/C44H28/c1-2-11-31(12-3-1)43-38-14-6-8-16-40(38)44(41-17-9-7-15-39(41)43)36-25-24-32-26-33(22-23-34(32)27-36)35-21-20-30-19-18-29-10-4-5-13-37(29)42(30)28-35/h1-28H. The van der Waals surface area contributed by atoms with Crippen molar-refractivity contribution in [3.8, 4) is 33.4 Å². The van der Waals surface area contributed by atoms with Gasteiger partial charge >= 0.3 is 0 Å². The van der Waals surface area contributed by atoms with E-state index in [0.717, 1.165) is 0 Å². The van der Waals surface area contributed by atoms with E-state index in [1.165, 1.54) is 87.2 Å². The normalized spacial score (nSPS) is 11.6. The molecule has 0 saturated heterocycles. The van der Waals surface area contributed by atoms with Gasteiger partial charge in [-0.3, -0.25) is 0 Å². The molecule has 0 radical (unpaired) electrons. The van der Waals surface area contributed by atoms with Crippen LogP contribution in [0, 0.1) is 0 Å². The van der Waals surface area contributed by atoms with Gasteiger partial charge in [0.2, 0.25) is 0 Å². The minimum Gasteiger partial charge on any atom is -0.0622 e. The molecule has 0 amide bonds. The van der Waals surface area contributed by atoms with Gasteiger partial charge in [0.1, 0.15) is 0 Å². The average Bonchev–Trinajstić information content (AvgIpc) is 3.10. The molecule has 0 aliphatic carbocycles. The minimum atomic E-state index is 1.24. The molecule has 0 atom stereocenters. The molecule has 0 bridgehead atoms. The maximum atomic E-state index is 2.36. The lowest BCUT2D eigenvalue weighted by Gasteiger charge is -2.18. The molecule has 0 N–H and O–H groups in total. The Morgan fingerprint density at radius 1 is 0.205 bits per heavy atom. The van der Waals surface area contributed by atoms with Crippen LogP contribution >= 0.6 is 0 Å². The summed E-state index contributed by atoms with van der Waals surface area (Å²) in [5.74, 6) is 0. The van der Waals surface area contributed by atoms with E-state index in [4.69, 9.17) is 0 Å². The van der Waals surface area contributed by atoms with Gasteiger partial charge in [0, 0.05) is 0 Å². The van der Waals surface area contributed by atoms with E-state index in [1.807, 2.05) is 0 Å². The Morgan fingerprint density at radius 3 is 1.25 bits per heavy atom. The lowest BCUT2D eigenvalue weighted by molar-refractivity contribution is 1.65. The molecular weight excluding hydrogens is 528 g/mol. The highest BCUT2D eigenvalue weighted by atomic mass is 14.2. The number of fused-ring (bicyclic) bond motifs is 6. The van der Waals surface area contributed by atoms with Crippen molar-refractivity contribution < 1.29 is 0 Å². The largest absolute Gasteiger partial charge is 0.0622 e. The molecule has 9 rings (SSSR count). The van der Waals surface area contributed by atoms with Gasteiger partial charge in [0.25, 0.3) is 0 Å². The quantitative estimate of drug-likeness (QED) is 0.150. The van der Waals surface area contributed by atoms with E-state index in [0.29, 0.717) is 0 Å². The monoisotopic (exact) mass is 556 g/mol. The zero-order chi connectivity index (χ0) is 29.0. The van der Waals surface area contributed by atoms with Crippen LogP contribution in [0.2, 0.25) is 0 Å². The summed E-state index contributed by atoms with van der Waals surface area (Å²) >= 11 is 0. The van der Waals surface area contributed by atoms with Crippen LogP contribution in [0.3, 0.4) is 0 Å². The van der Waals surface area contributed by atoms with Crippen molar-refractivity contribution in [3.05, 3.63) is 170 Å². The number of hydrogen-bond acceptors (Lipinski definition) is 0. The van der Waals surface area contributed by atoms with E-state index in [9.17, 15) is 0 Å². The zero-order valence-electron chi connectivity index (χ0n) is 24.2. The van der Waals surface area contributed by atoms with Crippen LogP contribution in [0.15, 0.2) is 170 Å². The lowest BCUT2D eigenvalue weighted by Crippen LogP contribution is -1.90. The highest BCUT2D eigenvalue weighted by Crippen LogP contribution is 2.44. The smallest absolute Gasteiger partial charge is 0.00262 e. The molecule has 44 heavy (non-hydrogen) atoms. The minimum absolute atomic E-state index is 1.24. The van der Waals surface area contributed by atoms with E-state index >= 15 is 0 Å². The summed E-state index contributed by atoms with van der Waals surface area (Å²) in [6.07, 6.45) is 0. The van der Waals surface area contributed by atoms with Crippen LogP contribution in [0.1, 0.15) is 0 Å². The second-order valence-corrected chi connectivity index (χ2v) is 11.7. The molecule has 0 heteroatoms. The predicted octanol–water partition coefficient (Wildman–Crippen LogP) is 12.5. The molecule has 204 valence electrons. The predicted molar refractivity (Wildman–Crippen MR) is 190 cm³/mol. The first kappa shape index (κ1) is 24.8. The maximum Gasteiger partial charge on any atom is -0.00262 e. The number of hydrogen-bond donors (Lipinski definition) is 0. The van der Waals surface area contributed by atoms with Crippen LogP contribution < -0.4 is 0 Å². The fourth-order valence-corrected chi connectivity index (χ4v) is 7.12. The van der Waals surface area contributed by atoms with Crippen LogP contribution in [0.25, 0.3) is 87.2 Å². The molecule has 9 aromatic carbocycles. The summed E-state index contributed by atoms with van der Waals surface area (Å²) in [6.45, 7) is 0. The highest BCUT2D eigenvalue weighted by Gasteiger charge is 2.16. The Morgan fingerprint density at radius 2 is 0.614 bits per heavy atom. The van der Waals surface area contributed by atoms with Crippen molar-refractivity contribution in [3.63, 3.8) is 0 Å². The van der Waals surface area contributed by atoms with Crippen LogP contribution in [0.4, 0.5) is 0 Å². The summed E-state index contributed by atoms with van der Waals surface area (Å²) < 4.78 is 0. The van der Waals surface area contributed by atoms with Gasteiger partial charge in [0.15, 0.2) is 0 Å². The molecule has 9 aromatic rings. The number of rotatable bonds is 3. The van der Waals surface area contributed by atoms with Crippen molar-refractivity contribution in [2.45, 2.75) is 0 Å². The van der Waals surface area contributed by atoms with Crippen molar-refractivity contribution in [1.29, 1.82) is 0 Å². The van der Waals surface area contributed by atoms with Crippen LogP contribution in [-0.4, -0.2) is 0 Å². The van der Waals surface area contributed by atoms with E-state index in [1.54, 1.807) is 0 Å². The topological polar surface area (TPSA) is 0 Å². The summed E-state index contributed by atoms with van der Waals surface area (Å²) in [5, 5.41) is 12.8. The van der Waals surface area contributed by atoms with Gasteiger partial charge < -0.3 is 0 Å².